The Labute approximate surface area is 77.3 Å². The number of aliphatic hydroxyl groups is 1. The van der Waals surface area contributed by atoms with Crippen molar-refractivity contribution in [3.63, 3.8) is 0 Å². The number of alkyl halides is 1. The maximum absolute atomic E-state index is 10.7. The van der Waals surface area contributed by atoms with E-state index in [0.717, 1.165) is 0 Å². The summed E-state index contributed by atoms with van der Waals surface area (Å²) in [5, 5.41) is 18.1. The zero-order valence-corrected chi connectivity index (χ0v) is 8.30. The minimum atomic E-state index is -1.00. The second-order valence-corrected chi connectivity index (χ2v) is 4.21. The van der Waals surface area contributed by atoms with Crippen LogP contribution in [0.2, 0.25) is 0 Å². The van der Waals surface area contributed by atoms with Crippen molar-refractivity contribution in [3.8, 4) is 0 Å². The summed E-state index contributed by atoms with van der Waals surface area (Å²) in [7, 11) is 0. The van der Waals surface area contributed by atoms with E-state index in [1.54, 1.807) is 20.8 Å². The van der Waals surface area contributed by atoms with Crippen LogP contribution in [-0.2, 0) is 4.79 Å². The number of halogens is 1. The molecule has 0 amide bonds. The topological polar surface area (TPSA) is 57.5 Å². The van der Waals surface area contributed by atoms with E-state index in [2.05, 4.69) is 0 Å². The average Bonchev–Trinajstić information content (AvgIpc) is 1.83. The monoisotopic (exact) mass is 194 g/mol. The number of aliphatic carboxylic acids is 1. The quantitative estimate of drug-likeness (QED) is 0.667. The lowest BCUT2D eigenvalue weighted by Crippen LogP contribution is -2.39. The van der Waals surface area contributed by atoms with Crippen LogP contribution in [-0.4, -0.2) is 28.2 Å². The number of carbonyl (C=O) groups is 1. The number of aliphatic hydroxyl groups excluding tert-OH is 1. The lowest BCUT2D eigenvalue weighted by molar-refractivity contribution is -0.150. The van der Waals surface area contributed by atoms with E-state index in [-0.39, 0.29) is 5.88 Å². The molecule has 72 valence electrons. The molecule has 0 aliphatic rings. The van der Waals surface area contributed by atoms with Crippen molar-refractivity contribution in [2.24, 2.45) is 11.3 Å². The van der Waals surface area contributed by atoms with Crippen LogP contribution in [0.25, 0.3) is 0 Å². The molecule has 0 heterocycles. The second-order valence-electron chi connectivity index (χ2n) is 3.90. The van der Waals surface area contributed by atoms with Gasteiger partial charge in [-0.2, -0.15) is 0 Å². The Morgan fingerprint density at radius 1 is 1.50 bits per heavy atom. The SMILES string of the molecule is CC(C)(C)C(C(=O)O)C(O)CCl. The number of rotatable bonds is 3. The Bertz CT molecular complexity index is 162. The van der Waals surface area contributed by atoms with Gasteiger partial charge in [0.15, 0.2) is 0 Å². The maximum atomic E-state index is 10.7. The van der Waals surface area contributed by atoms with Crippen LogP contribution >= 0.6 is 11.6 Å². The van der Waals surface area contributed by atoms with Crippen molar-refractivity contribution < 1.29 is 15.0 Å². The molecule has 0 rings (SSSR count). The van der Waals surface area contributed by atoms with Gasteiger partial charge in [-0.25, -0.2) is 0 Å². The van der Waals surface area contributed by atoms with E-state index in [0.29, 0.717) is 0 Å². The van der Waals surface area contributed by atoms with Crippen LogP contribution in [0, 0.1) is 11.3 Å². The third-order valence-electron chi connectivity index (χ3n) is 1.74. The third-order valence-corrected chi connectivity index (χ3v) is 2.06. The highest BCUT2D eigenvalue weighted by Crippen LogP contribution is 2.29. The largest absolute Gasteiger partial charge is 0.481 e. The van der Waals surface area contributed by atoms with Crippen LogP contribution in [0.4, 0.5) is 0 Å². The van der Waals surface area contributed by atoms with Crippen molar-refractivity contribution in [2.45, 2.75) is 26.9 Å². The number of carboxylic acids is 1. The molecule has 0 aromatic rings. The summed E-state index contributed by atoms with van der Waals surface area (Å²) in [6.07, 6.45) is -0.982. The van der Waals surface area contributed by atoms with Gasteiger partial charge in [0.25, 0.3) is 0 Å². The van der Waals surface area contributed by atoms with Crippen LogP contribution in [0.5, 0.6) is 0 Å². The normalized spacial score (nSPS) is 17.1. The summed E-state index contributed by atoms with van der Waals surface area (Å²) in [4.78, 5) is 10.7. The summed E-state index contributed by atoms with van der Waals surface area (Å²) in [6, 6.07) is 0. The summed E-state index contributed by atoms with van der Waals surface area (Å²) >= 11 is 5.38. The predicted molar refractivity (Wildman–Crippen MR) is 47.3 cm³/mol. The summed E-state index contributed by atoms with van der Waals surface area (Å²) in [6.45, 7) is 5.30. The molecule has 0 aliphatic heterocycles. The van der Waals surface area contributed by atoms with E-state index >= 15 is 0 Å². The molecule has 0 saturated carbocycles. The summed E-state index contributed by atoms with van der Waals surface area (Å²) in [5.74, 6) is -1.86. The fourth-order valence-corrected chi connectivity index (χ4v) is 1.38. The highest BCUT2D eigenvalue weighted by molar-refractivity contribution is 6.18. The molecule has 4 heteroatoms. The molecule has 3 nitrogen and oxygen atoms in total. The minimum Gasteiger partial charge on any atom is -0.481 e. The maximum Gasteiger partial charge on any atom is 0.309 e. The molecular weight excluding hydrogens is 180 g/mol. The number of hydrogen-bond donors (Lipinski definition) is 2. The van der Waals surface area contributed by atoms with Crippen molar-refractivity contribution >= 4 is 17.6 Å². The van der Waals surface area contributed by atoms with E-state index < -0.39 is 23.4 Å². The van der Waals surface area contributed by atoms with Crippen molar-refractivity contribution in [3.05, 3.63) is 0 Å². The van der Waals surface area contributed by atoms with Gasteiger partial charge >= 0.3 is 5.97 Å². The summed E-state index contributed by atoms with van der Waals surface area (Å²) in [5.41, 5.74) is -0.472. The molecule has 12 heavy (non-hydrogen) atoms. The first-order chi connectivity index (χ1) is 5.30. The van der Waals surface area contributed by atoms with Gasteiger partial charge in [-0.15, -0.1) is 11.6 Å². The average molecular weight is 195 g/mol. The van der Waals surface area contributed by atoms with Crippen LogP contribution < -0.4 is 0 Å². The Kier molecular flexibility index (Phi) is 4.00. The first-order valence-corrected chi connectivity index (χ1v) is 4.31. The van der Waals surface area contributed by atoms with Crippen LogP contribution in [0.15, 0.2) is 0 Å². The lowest BCUT2D eigenvalue weighted by Gasteiger charge is -2.29. The zero-order valence-electron chi connectivity index (χ0n) is 7.54. The molecule has 2 N–H and O–H groups in total. The highest BCUT2D eigenvalue weighted by atomic mass is 35.5. The van der Waals surface area contributed by atoms with Gasteiger partial charge in [0.2, 0.25) is 0 Å². The molecule has 0 aliphatic carbocycles. The fourth-order valence-electron chi connectivity index (χ4n) is 1.20. The molecule has 0 bridgehead atoms. The highest BCUT2D eigenvalue weighted by Gasteiger charge is 2.36. The van der Waals surface area contributed by atoms with Gasteiger partial charge < -0.3 is 10.2 Å². The molecule has 2 unspecified atom stereocenters. The zero-order chi connectivity index (χ0) is 9.94. The smallest absolute Gasteiger partial charge is 0.309 e. The molecule has 0 saturated heterocycles. The minimum absolute atomic E-state index is 0.0474. The van der Waals surface area contributed by atoms with Crippen molar-refractivity contribution in [1.29, 1.82) is 0 Å². The molecular formula is C8H15ClO3. The predicted octanol–water partition coefficient (Wildman–Crippen LogP) is 1.33. The van der Waals surface area contributed by atoms with Crippen molar-refractivity contribution in [2.75, 3.05) is 5.88 Å². The second kappa shape index (κ2) is 4.10. The van der Waals surface area contributed by atoms with Crippen LogP contribution in [0.1, 0.15) is 20.8 Å². The first-order valence-electron chi connectivity index (χ1n) is 3.77. The fraction of sp³-hybridized carbons (Fsp3) is 0.875. The van der Waals surface area contributed by atoms with E-state index in [4.69, 9.17) is 16.7 Å². The number of hydrogen-bond acceptors (Lipinski definition) is 2. The lowest BCUT2D eigenvalue weighted by atomic mass is 9.78. The Morgan fingerprint density at radius 2 is 1.92 bits per heavy atom. The van der Waals surface area contributed by atoms with Gasteiger partial charge in [-0.1, -0.05) is 20.8 Å². The van der Waals surface area contributed by atoms with Gasteiger partial charge in [0, 0.05) is 5.88 Å². The Morgan fingerprint density at radius 3 is 2.00 bits per heavy atom. The van der Waals surface area contributed by atoms with Gasteiger partial charge in [-0.05, 0) is 5.41 Å². The van der Waals surface area contributed by atoms with E-state index in [1.807, 2.05) is 0 Å². The molecule has 2 atom stereocenters. The standard InChI is InChI=1S/C8H15ClO3/c1-8(2,3)6(7(11)12)5(10)4-9/h5-6,10H,4H2,1-3H3,(H,11,12). The molecule has 0 aromatic heterocycles. The number of carboxylic acid groups (broad SMARTS) is 1. The Hall–Kier alpha value is -0.280. The van der Waals surface area contributed by atoms with Crippen molar-refractivity contribution in [1.82, 2.24) is 0 Å². The third kappa shape index (κ3) is 2.99. The molecule has 0 fully saturated rings. The first kappa shape index (κ1) is 11.7. The van der Waals surface area contributed by atoms with Crippen LogP contribution in [0.3, 0.4) is 0 Å². The van der Waals surface area contributed by atoms with Gasteiger partial charge in [0.05, 0.1) is 12.0 Å². The molecule has 0 spiro atoms. The Balaban J connectivity index is 4.56. The van der Waals surface area contributed by atoms with Gasteiger partial charge in [0.1, 0.15) is 0 Å². The van der Waals surface area contributed by atoms with E-state index in [1.165, 1.54) is 0 Å². The molecule has 0 aromatic carbocycles. The van der Waals surface area contributed by atoms with E-state index in [9.17, 15) is 9.90 Å². The molecule has 0 radical (unpaired) electrons. The summed E-state index contributed by atoms with van der Waals surface area (Å²) < 4.78 is 0. The van der Waals surface area contributed by atoms with Gasteiger partial charge in [-0.3, -0.25) is 4.79 Å².